The zero-order valence-electron chi connectivity index (χ0n) is 18.8. The lowest BCUT2D eigenvalue weighted by molar-refractivity contribution is 0.102. The minimum Gasteiger partial charge on any atom is -0.494 e. The van der Waals surface area contributed by atoms with Crippen LogP contribution >= 0.6 is 0 Å². The van der Waals surface area contributed by atoms with E-state index >= 15 is 0 Å². The third-order valence-electron chi connectivity index (χ3n) is 5.43. The maximum absolute atomic E-state index is 12.8. The molecule has 0 aliphatic carbocycles. The Morgan fingerprint density at radius 1 is 0.969 bits per heavy atom. The van der Waals surface area contributed by atoms with E-state index in [1.165, 1.54) is 5.56 Å². The summed E-state index contributed by atoms with van der Waals surface area (Å²) in [4.78, 5) is 14.4. The van der Waals surface area contributed by atoms with Crippen LogP contribution in [0.4, 0.5) is 5.69 Å². The summed E-state index contributed by atoms with van der Waals surface area (Å²) in [6.07, 6.45) is 3.09. The molecule has 0 bridgehead atoms. The van der Waals surface area contributed by atoms with E-state index in [9.17, 15) is 4.79 Å². The Labute approximate surface area is 188 Å². The van der Waals surface area contributed by atoms with Gasteiger partial charge in [-0.15, -0.1) is 10.2 Å². The molecule has 0 unspecified atom stereocenters. The van der Waals surface area contributed by atoms with Gasteiger partial charge in [-0.25, -0.2) is 0 Å². The number of aryl methyl sites for hydroxylation is 2. The summed E-state index contributed by atoms with van der Waals surface area (Å²) in [5.41, 5.74) is 5.92. The van der Waals surface area contributed by atoms with Gasteiger partial charge in [0.25, 0.3) is 5.91 Å². The van der Waals surface area contributed by atoms with E-state index < -0.39 is 0 Å². The van der Waals surface area contributed by atoms with Gasteiger partial charge in [0.05, 0.1) is 12.3 Å². The fraction of sp³-hybridized carbons (Fsp3) is 0.269. The topological polar surface area (TPSA) is 69.0 Å². The van der Waals surface area contributed by atoms with E-state index in [0.717, 1.165) is 53.0 Å². The molecule has 4 rings (SSSR count). The predicted octanol–water partition coefficient (Wildman–Crippen LogP) is 5.72. The van der Waals surface area contributed by atoms with Crippen molar-refractivity contribution in [1.29, 1.82) is 0 Å². The summed E-state index contributed by atoms with van der Waals surface area (Å²) in [5, 5.41) is 12.2. The van der Waals surface area contributed by atoms with E-state index in [2.05, 4.69) is 41.5 Å². The molecule has 0 aliphatic rings. The first-order valence-electron chi connectivity index (χ1n) is 11.1. The van der Waals surface area contributed by atoms with Gasteiger partial charge in [0.15, 0.2) is 0 Å². The number of hydrogen-bond acceptors (Lipinski definition) is 4. The van der Waals surface area contributed by atoms with E-state index in [-0.39, 0.29) is 5.91 Å². The van der Waals surface area contributed by atoms with Crippen molar-refractivity contribution in [1.82, 2.24) is 15.0 Å². The van der Waals surface area contributed by atoms with Crippen LogP contribution in [-0.2, 0) is 6.42 Å². The van der Waals surface area contributed by atoms with E-state index in [1.54, 1.807) is 16.9 Å². The molecule has 1 aromatic heterocycles. The summed E-state index contributed by atoms with van der Waals surface area (Å²) < 4.78 is 5.67. The highest BCUT2D eigenvalue weighted by Gasteiger charge is 2.12. The predicted molar refractivity (Wildman–Crippen MR) is 128 cm³/mol. The van der Waals surface area contributed by atoms with Crippen LogP contribution in [0.3, 0.4) is 0 Å². The Kier molecular flexibility index (Phi) is 6.50. The number of hydrogen-bond donors (Lipinski definition) is 1. The molecule has 0 spiro atoms. The molecule has 164 valence electrons. The number of nitrogens with one attached hydrogen (secondary N) is 1. The highest BCUT2D eigenvalue weighted by atomic mass is 16.5. The van der Waals surface area contributed by atoms with Gasteiger partial charge in [-0.05, 0) is 79.4 Å². The first-order chi connectivity index (χ1) is 15.6. The molecule has 1 N–H and O–H groups in total. The molecule has 6 heteroatoms. The van der Waals surface area contributed by atoms with Crippen LogP contribution in [0.1, 0.15) is 48.2 Å². The van der Waals surface area contributed by atoms with Crippen LogP contribution in [0.2, 0.25) is 0 Å². The standard InChI is InChI=1S/C26H28N4O2/c1-4-6-15-32-22-13-9-20(10-14-22)26(31)27-23-17-25-24(16-18(23)3)28-30(29-25)21-11-7-19(5-2)8-12-21/h7-14,16-17H,4-6,15H2,1-3H3,(H,27,31). The second-order valence-corrected chi connectivity index (χ2v) is 7.85. The van der Waals surface area contributed by atoms with Crippen LogP contribution < -0.4 is 10.1 Å². The quantitative estimate of drug-likeness (QED) is 0.364. The normalized spacial score (nSPS) is 11.0. The van der Waals surface area contributed by atoms with Gasteiger partial charge < -0.3 is 10.1 Å². The van der Waals surface area contributed by atoms with Gasteiger partial charge in [-0.3, -0.25) is 4.79 Å². The maximum Gasteiger partial charge on any atom is 0.255 e. The van der Waals surface area contributed by atoms with Crippen molar-refractivity contribution in [3.8, 4) is 11.4 Å². The van der Waals surface area contributed by atoms with Crippen LogP contribution in [0.5, 0.6) is 5.75 Å². The smallest absolute Gasteiger partial charge is 0.255 e. The lowest BCUT2D eigenvalue weighted by Gasteiger charge is -2.09. The number of unbranched alkanes of at least 4 members (excludes halogenated alkanes) is 1. The molecule has 1 amide bonds. The first kappa shape index (κ1) is 21.6. The number of ether oxygens (including phenoxy) is 1. The fourth-order valence-electron chi connectivity index (χ4n) is 3.41. The van der Waals surface area contributed by atoms with Crippen molar-refractivity contribution in [3.63, 3.8) is 0 Å². The van der Waals surface area contributed by atoms with Crippen LogP contribution in [0.25, 0.3) is 16.7 Å². The lowest BCUT2D eigenvalue weighted by atomic mass is 10.1. The number of aromatic nitrogens is 3. The van der Waals surface area contributed by atoms with Gasteiger partial charge in [0.1, 0.15) is 16.8 Å². The lowest BCUT2D eigenvalue weighted by Crippen LogP contribution is -2.12. The third-order valence-corrected chi connectivity index (χ3v) is 5.43. The Morgan fingerprint density at radius 2 is 1.66 bits per heavy atom. The third kappa shape index (κ3) is 4.80. The van der Waals surface area contributed by atoms with E-state index in [4.69, 9.17) is 4.74 Å². The molecule has 0 radical (unpaired) electrons. The van der Waals surface area contributed by atoms with E-state index in [1.807, 2.05) is 43.3 Å². The summed E-state index contributed by atoms with van der Waals surface area (Å²) in [6.45, 7) is 6.89. The molecule has 32 heavy (non-hydrogen) atoms. The minimum absolute atomic E-state index is 0.171. The number of fused-ring (bicyclic) bond motifs is 1. The van der Waals surface area contributed by atoms with Crippen LogP contribution in [0.15, 0.2) is 60.7 Å². The number of amides is 1. The monoisotopic (exact) mass is 428 g/mol. The molecular formula is C26H28N4O2. The van der Waals surface area contributed by atoms with Crippen LogP contribution in [-0.4, -0.2) is 27.5 Å². The van der Waals surface area contributed by atoms with Gasteiger partial charge in [0.2, 0.25) is 0 Å². The number of anilines is 1. The van der Waals surface area contributed by atoms with Crippen molar-refractivity contribution in [3.05, 3.63) is 77.4 Å². The summed E-state index contributed by atoms with van der Waals surface area (Å²) in [7, 11) is 0. The Balaban J connectivity index is 1.51. The molecule has 4 aromatic rings. The Morgan fingerprint density at radius 3 is 2.31 bits per heavy atom. The van der Waals surface area contributed by atoms with Crippen molar-refractivity contribution in [2.24, 2.45) is 0 Å². The maximum atomic E-state index is 12.8. The fourth-order valence-corrected chi connectivity index (χ4v) is 3.41. The van der Waals surface area contributed by atoms with Crippen molar-refractivity contribution in [2.75, 3.05) is 11.9 Å². The molecule has 6 nitrogen and oxygen atoms in total. The average molecular weight is 429 g/mol. The molecule has 0 aliphatic heterocycles. The first-order valence-corrected chi connectivity index (χ1v) is 11.1. The molecule has 0 saturated carbocycles. The summed E-state index contributed by atoms with van der Waals surface area (Å²) in [6, 6.07) is 19.2. The SMILES string of the molecule is CCCCOc1ccc(C(=O)Nc2cc3nn(-c4ccc(CC)cc4)nc3cc2C)cc1. The van der Waals surface area contributed by atoms with Gasteiger partial charge in [-0.1, -0.05) is 32.4 Å². The molecule has 1 heterocycles. The largest absolute Gasteiger partial charge is 0.494 e. The molecule has 0 fully saturated rings. The van der Waals surface area contributed by atoms with Crippen molar-refractivity contribution >= 4 is 22.6 Å². The van der Waals surface area contributed by atoms with Crippen LogP contribution in [0, 0.1) is 6.92 Å². The molecule has 3 aromatic carbocycles. The zero-order chi connectivity index (χ0) is 22.5. The second kappa shape index (κ2) is 9.64. The highest BCUT2D eigenvalue weighted by Crippen LogP contribution is 2.23. The zero-order valence-corrected chi connectivity index (χ0v) is 18.8. The summed E-state index contributed by atoms with van der Waals surface area (Å²) >= 11 is 0. The average Bonchev–Trinajstić information content (AvgIpc) is 3.22. The highest BCUT2D eigenvalue weighted by molar-refractivity contribution is 6.05. The molecule has 0 saturated heterocycles. The summed E-state index contributed by atoms with van der Waals surface area (Å²) in [5.74, 6) is 0.603. The minimum atomic E-state index is -0.171. The van der Waals surface area contributed by atoms with Gasteiger partial charge in [-0.2, -0.15) is 4.80 Å². The second-order valence-electron chi connectivity index (χ2n) is 7.85. The van der Waals surface area contributed by atoms with Crippen molar-refractivity contribution < 1.29 is 9.53 Å². The Hall–Kier alpha value is -3.67. The van der Waals surface area contributed by atoms with Gasteiger partial charge in [0, 0.05) is 11.3 Å². The number of carbonyl (C=O) groups excluding carboxylic acids is 1. The van der Waals surface area contributed by atoms with Gasteiger partial charge >= 0.3 is 0 Å². The molecule has 0 atom stereocenters. The number of carbonyl (C=O) groups is 1. The number of benzene rings is 3. The number of nitrogens with zero attached hydrogens (tertiary/aromatic N) is 3. The number of rotatable bonds is 8. The van der Waals surface area contributed by atoms with E-state index in [0.29, 0.717) is 12.2 Å². The van der Waals surface area contributed by atoms with Crippen molar-refractivity contribution in [2.45, 2.75) is 40.0 Å². The Bertz CT molecular complexity index is 1210. The molecular weight excluding hydrogens is 400 g/mol.